The Bertz CT molecular complexity index is 574. The number of phenols is 1. The van der Waals surface area contributed by atoms with Gasteiger partial charge in [0.2, 0.25) is 0 Å². The van der Waals surface area contributed by atoms with Crippen LogP contribution in [-0.4, -0.2) is 5.11 Å². The van der Waals surface area contributed by atoms with Crippen molar-refractivity contribution in [1.82, 2.24) is 0 Å². The molecule has 0 bridgehead atoms. The molecule has 1 rings (SSSR count). The van der Waals surface area contributed by atoms with Gasteiger partial charge < -0.3 is 5.11 Å². The Morgan fingerprint density at radius 3 is 1.38 bits per heavy atom. The van der Waals surface area contributed by atoms with E-state index in [0.717, 1.165) is 19.3 Å². The van der Waals surface area contributed by atoms with Crippen molar-refractivity contribution in [3.63, 3.8) is 0 Å². The summed E-state index contributed by atoms with van der Waals surface area (Å²) in [7, 11) is 0. The zero-order chi connectivity index (χ0) is 23.4. The zero-order valence-electron chi connectivity index (χ0n) is 22.4. The van der Waals surface area contributed by atoms with E-state index < -0.39 is 0 Å². The molecule has 0 amide bonds. The van der Waals surface area contributed by atoms with Crippen molar-refractivity contribution in [2.45, 2.75) is 163 Å². The first-order valence-corrected chi connectivity index (χ1v) is 14.5. The van der Waals surface area contributed by atoms with Crippen LogP contribution in [0.4, 0.5) is 0 Å². The Labute approximate surface area is 201 Å². The van der Waals surface area contributed by atoms with Crippen LogP contribution in [-0.2, 0) is 25.7 Å². The highest BCUT2D eigenvalue weighted by molar-refractivity contribution is 5.50. The Morgan fingerprint density at radius 2 is 0.844 bits per heavy atom. The number of benzene rings is 1. The van der Waals surface area contributed by atoms with Crippen LogP contribution in [0.2, 0.25) is 0 Å². The molecule has 0 fully saturated rings. The van der Waals surface area contributed by atoms with Gasteiger partial charge in [-0.1, -0.05) is 111 Å². The van der Waals surface area contributed by atoms with E-state index in [1.54, 1.807) is 5.56 Å². The van der Waals surface area contributed by atoms with Gasteiger partial charge in [-0.2, -0.15) is 0 Å². The van der Waals surface area contributed by atoms with E-state index in [9.17, 15) is 5.11 Å². The average Bonchev–Trinajstić information content (AvgIpc) is 2.80. The van der Waals surface area contributed by atoms with Crippen molar-refractivity contribution in [3.05, 3.63) is 28.3 Å². The quantitative estimate of drug-likeness (QED) is 0.187. The molecule has 32 heavy (non-hydrogen) atoms. The van der Waals surface area contributed by atoms with Crippen molar-refractivity contribution in [2.75, 3.05) is 0 Å². The normalized spacial score (nSPS) is 11.4. The maximum atomic E-state index is 10.9. The van der Waals surface area contributed by atoms with E-state index in [1.807, 2.05) is 0 Å². The van der Waals surface area contributed by atoms with Crippen LogP contribution in [0, 0.1) is 0 Å². The third kappa shape index (κ3) is 11.8. The first-order valence-electron chi connectivity index (χ1n) is 14.5. The molecule has 0 saturated carbocycles. The fourth-order valence-corrected chi connectivity index (χ4v) is 5.03. The van der Waals surface area contributed by atoms with E-state index in [-0.39, 0.29) is 0 Å². The number of hydrogen-bond acceptors (Lipinski definition) is 1. The molecular weight excluding hydrogens is 388 g/mol. The first-order chi connectivity index (χ1) is 15.7. The summed E-state index contributed by atoms with van der Waals surface area (Å²) < 4.78 is 0. The molecule has 186 valence electrons. The third-order valence-electron chi connectivity index (χ3n) is 7.13. The molecular formula is C31H56O. The van der Waals surface area contributed by atoms with Crippen LogP contribution in [0.1, 0.15) is 159 Å². The Balaban J connectivity index is 2.67. The second-order valence-electron chi connectivity index (χ2n) is 10.1. The van der Waals surface area contributed by atoms with Gasteiger partial charge in [0.15, 0.2) is 0 Å². The number of phenolic OH excluding ortho intramolecular Hbond substituents is 1. The number of aromatic hydroxyl groups is 1. The molecule has 0 unspecified atom stereocenters. The van der Waals surface area contributed by atoms with E-state index in [0.29, 0.717) is 5.75 Å². The van der Waals surface area contributed by atoms with Crippen LogP contribution in [0.15, 0.2) is 6.07 Å². The third-order valence-corrected chi connectivity index (χ3v) is 7.13. The molecule has 1 aromatic rings. The number of rotatable bonds is 21. The zero-order valence-corrected chi connectivity index (χ0v) is 22.4. The Kier molecular flexibility index (Phi) is 17.7. The minimum absolute atomic E-state index is 0.582. The van der Waals surface area contributed by atoms with Gasteiger partial charge in [0.05, 0.1) is 0 Å². The van der Waals surface area contributed by atoms with Crippen LogP contribution in [0.25, 0.3) is 0 Å². The largest absolute Gasteiger partial charge is 0.508 e. The van der Waals surface area contributed by atoms with Gasteiger partial charge in [-0.25, -0.2) is 0 Å². The highest BCUT2D eigenvalue weighted by Crippen LogP contribution is 2.33. The monoisotopic (exact) mass is 444 g/mol. The molecule has 0 aliphatic carbocycles. The maximum absolute atomic E-state index is 10.9. The fraction of sp³-hybridized carbons (Fsp3) is 0.806. The standard InChI is InChI=1S/C31H56O/c1-5-9-13-14-15-16-17-18-19-20-21-25-28-27(22-10-6-2)26-31(32)30(24-12-8-4)29(28)23-11-7-3/h26,32H,5-25H2,1-4H3. The number of aryl methyl sites for hydroxylation is 1. The van der Waals surface area contributed by atoms with Gasteiger partial charge in [0.1, 0.15) is 5.75 Å². The van der Waals surface area contributed by atoms with Crippen LogP contribution in [0.3, 0.4) is 0 Å². The van der Waals surface area contributed by atoms with E-state index in [1.165, 1.54) is 132 Å². The van der Waals surface area contributed by atoms with Gasteiger partial charge >= 0.3 is 0 Å². The van der Waals surface area contributed by atoms with E-state index in [4.69, 9.17) is 0 Å². The minimum Gasteiger partial charge on any atom is -0.508 e. The summed E-state index contributed by atoms with van der Waals surface area (Å²) in [6, 6.07) is 2.14. The lowest BCUT2D eigenvalue weighted by Crippen LogP contribution is -2.07. The average molecular weight is 445 g/mol. The highest BCUT2D eigenvalue weighted by atomic mass is 16.3. The second-order valence-corrected chi connectivity index (χ2v) is 10.1. The summed E-state index contributed by atoms with van der Waals surface area (Å²) in [4.78, 5) is 0. The topological polar surface area (TPSA) is 20.2 Å². The van der Waals surface area contributed by atoms with Gasteiger partial charge in [-0.3, -0.25) is 0 Å². The minimum atomic E-state index is 0.582. The molecule has 0 atom stereocenters. The smallest absolute Gasteiger partial charge is 0.119 e. The molecule has 1 heteroatoms. The second kappa shape index (κ2) is 19.5. The van der Waals surface area contributed by atoms with Crippen molar-refractivity contribution in [1.29, 1.82) is 0 Å². The summed E-state index contributed by atoms with van der Waals surface area (Å²) >= 11 is 0. The van der Waals surface area contributed by atoms with Crippen LogP contribution >= 0.6 is 0 Å². The van der Waals surface area contributed by atoms with Crippen molar-refractivity contribution < 1.29 is 5.11 Å². The summed E-state index contributed by atoms with van der Waals surface area (Å²) in [6.45, 7) is 9.11. The van der Waals surface area contributed by atoms with Crippen LogP contribution < -0.4 is 0 Å². The molecule has 0 radical (unpaired) electrons. The molecule has 0 saturated heterocycles. The molecule has 0 aromatic heterocycles. The van der Waals surface area contributed by atoms with Gasteiger partial charge in [0.25, 0.3) is 0 Å². The summed E-state index contributed by atoms with van der Waals surface area (Å²) in [5.74, 6) is 0.582. The molecule has 1 nitrogen and oxygen atoms in total. The number of hydrogen-bond donors (Lipinski definition) is 1. The van der Waals surface area contributed by atoms with Crippen molar-refractivity contribution >= 4 is 0 Å². The van der Waals surface area contributed by atoms with Crippen molar-refractivity contribution in [2.24, 2.45) is 0 Å². The molecule has 1 aromatic carbocycles. The predicted octanol–water partition coefficient (Wildman–Crippen LogP) is 10.3. The lowest BCUT2D eigenvalue weighted by Gasteiger charge is -2.21. The fourth-order valence-electron chi connectivity index (χ4n) is 5.03. The predicted molar refractivity (Wildman–Crippen MR) is 144 cm³/mol. The summed E-state index contributed by atoms with van der Waals surface area (Å²) in [5.41, 5.74) is 5.87. The molecule has 1 N–H and O–H groups in total. The molecule has 0 spiro atoms. The highest BCUT2D eigenvalue weighted by Gasteiger charge is 2.17. The Hall–Kier alpha value is -0.980. The SMILES string of the molecule is CCCCCCCCCCCCCc1c(CCCC)cc(O)c(CCCC)c1CCCC. The van der Waals surface area contributed by atoms with Crippen LogP contribution in [0.5, 0.6) is 5.75 Å². The van der Waals surface area contributed by atoms with E-state index >= 15 is 0 Å². The first kappa shape index (κ1) is 29.1. The van der Waals surface area contributed by atoms with Gasteiger partial charge in [-0.05, 0) is 79.7 Å². The Morgan fingerprint density at radius 1 is 0.438 bits per heavy atom. The lowest BCUT2D eigenvalue weighted by molar-refractivity contribution is 0.463. The summed E-state index contributed by atoms with van der Waals surface area (Å²) in [5, 5.41) is 10.9. The van der Waals surface area contributed by atoms with Crippen molar-refractivity contribution in [3.8, 4) is 5.75 Å². The number of unbranched alkanes of at least 4 members (excludes halogenated alkanes) is 13. The van der Waals surface area contributed by atoms with E-state index in [2.05, 4.69) is 33.8 Å². The van der Waals surface area contributed by atoms with Gasteiger partial charge in [-0.15, -0.1) is 0 Å². The summed E-state index contributed by atoms with van der Waals surface area (Å²) in [6.07, 6.45) is 27.2. The molecule has 0 aliphatic heterocycles. The molecule has 0 heterocycles. The molecule has 0 aliphatic rings. The maximum Gasteiger partial charge on any atom is 0.119 e. The lowest BCUT2D eigenvalue weighted by atomic mass is 9.85. The van der Waals surface area contributed by atoms with Gasteiger partial charge in [0, 0.05) is 0 Å².